The van der Waals surface area contributed by atoms with E-state index in [2.05, 4.69) is 9.47 Å². The molecule has 0 aliphatic rings. The Balaban J connectivity index is 4.71. The Labute approximate surface area is 84.1 Å². The summed E-state index contributed by atoms with van der Waals surface area (Å²) in [5.41, 5.74) is 0. The van der Waals surface area contributed by atoms with E-state index in [4.69, 9.17) is 0 Å². The lowest BCUT2D eigenvalue weighted by molar-refractivity contribution is -0.359. The molecule has 0 spiro atoms. The number of methoxy groups -OCH3 is 1. The van der Waals surface area contributed by atoms with Gasteiger partial charge in [0.25, 0.3) is 0 Å². The van der Waals surface area contributed by atoms with Crippen molar-refractivity contribution in [2.45, 2.75) is 18.2 Å². The van der Waals surface area contributed by atoms with Crippen LogP contribution in [0.1, 0.15) is 0 Å². The molecule has 0 N–H and O–H groups in total. The number of carbonyl (C=O) groups excluding carboxylic acids is 1. The van der Waals surface area contributed by atoms with Gasteiger partial charge >= 0.3 is 24.2 Å². The minimum Gasteiger partial charge on any atom is -0.464 e. The van der Waals surface area contributed by atoms with E-state index in [1.807, 2.05) is 0 Å². The minimum atomic E-state index is -5.60. The third-order valence-corrected chi connectivity index (χ3v) is 1.22. The van der Waals surface area contributed by atoms with Gasteiger partial charge in [-0.05, 0) is 0 Å². The number of rotatable bonds is 4. The summed E-state index contributed by atoms with van der Waals surface area (Å²) in [6.07, 6.45) is -10.8. The van der Waals surface area contributed by atoms with Gasteiger partial charge in [-0.1, -0.05) is 0 Å². The predicted octanol–water partition coefficient (Wildman–Crippen LogP) is 1.97. The number of hydrogen-bond donors (Lipinski definition) is 0. The molecule has 0 bridgehead atoms. The van der Waals surface area contributed by atoms with E-state index < -0.39 is 30.8 Å². The third kappa shape index (κ3) is 3.51. The molecule has 0 rings (SSSR count). The lowest BCUT2D eigenvalue weighted by atomic mass is 10.3. The smallest absolute Gasteiger partial charge is 0.431 e. The van der Waals surface area contributed by atoms with Crippen molar-refractivity contribution in [3.8, 4) is 0 Å². The van der Waals surface area contributed by atoms with Gasteiger partial charge in [0.2, 0.25) is 0 Å². The molecule has 3 nitrogen and oxygen atoms in total. The first-order valence-corrected chi connectivity index (χ1v) is 3.49. The molecule has 0 heterocycles. The van der Waals surface area contributed by atoms with Gasteiger partial charge in [0, 0.05) is 0 Å². The zero-order valence-corrected chi connectivity index (χ0v) is 7.58. The molecule has 0 amide bonds. The third-order valence-electron chi connectivity index (χ3n) is 1.22. The molecule has 96 valence electrons. The first kappa shape index (κ1) is 14.9. The summed E-state index contributed by atoms with van der Waals surface area (Å²) in [5, 5.41) is 0. The highest BCUT2D eigenvalue weighted by Gasteiger charge is 2.65. The molecule has 0 aromatic heterocycles. The first-order chi connectivity index (χ1) is 6.94. The number of hydrogen-bond acceptors (Lipinski definition) is 3. The standard InChI is InChI=1S/C6H5F7O3/c1-15-3(14)5(10,11)6(12,13)16-2-4(7,8)9/h2H2,1H3. The topological polar surface area (TPSA) is 35.5 Å². The molecule has 16 heavy (non-hydrogen) atoms. The summed E-state index contributed by atoms with van der Waals surface area (Å²) in [7, 11) is 0.371. The summed E-state index contributed by atoms with van der Waals surface area (Å²) in [6, 6.07) is 0. The van der Waals surface area contributed by atoms with E-state index in [9.17, 15) is 35.5 Å². The second kappa shape index (κ2) is 4.44. The maximum atomic E-state index is 12.5. The van der Waals surface area contributed by atoms with Gasteiger partial charge in [0.05, 0.1) is 7.11 Å². The van der Waals surface area contributed by atoms with Crippen molar-refractivity contribution in [3.05, 3.63) is 0 Å². The molecule has 0 aliphatic heterocycles. The van der Waals surface area contributed by atoms with Crippen LogP contribution in [0.25, 0.3) is 0 Å². The number of alkyl halides is 7. The highest BCUT2D eigenvalue weighted by Crippen LogP contribution is 2.37. The van der Waals surface area contributed by atoms with Gasteiger partial charge in [-0.25, -0.2) is 4.79 Å². The minimum absolute atomic E-state index is 0.371. The van der Waals surface area contributed by atoms with Crippen molar-refractivity contribution in [3.63, 3.8) is 0 Å². The molecular formula is C6H5F7O3. The second-order valence-electron chi connectivity index (χ2n) is 2.49. The number of halogens is 7. The summed E-state index contributed by atoms with van der Waals surface area (Å²) in [5.74, 6) is -8.19. The Kier molecular flexibility index (Phi) is 4.14. The molecule has 0 aromatic carbocycles. The molecule has 0 aromatic rings. The Bertz CT molecular complexity index is 259. The fourth-order valence-corrected chi connectivity index (χ4v) is 0.510. The molecule has 0 unspecified atom stereocenters. The largest absolute Gasteiger partial charge is 0.464 e. The van der Waals surface area contributed by atoms with Crippen LogP contribution in [-0.2, 0) is 14.3 Å². The number of ether oxygens (including phenoxy) is 2. The molecular weight excluding hydrogens is 253 g/mol. The Hall–Kier alpha value is -1.06. The Morgan fingerprint density at radius 2 is 1.50 bits per heavy atom. The first-order valence-electron chi connectivity index (χ1n) is 3.49. The normalized spacial score (nSPS) is 13.8. The van der Waals surface area contributed by atoms with Crippen molar-refractivity contribution in [2.75, 3.05) is 13.7 Å². The SMILES string of the molecule is COC(=O)C(F)(F)C(F)(F)OCC(F)(F)F. The summed E-state index contributed by atoms with van der Waals surface area (Å²) in [4.78, 5) is 10.2. The van der Waals surface area contributed by atoms with Crippen LogP contribution in [-0.4, -0.2) is 37.9 Å². The average molecular weight is 258 g/mol. The molecule has 0 saturated heterocycles. The van der Waals surface area contributed by atoms with E-state index in [-0.39, 0.29) is 0 Å². The van der Waals surface area contributed by atoms with Gasteiger partial charge in [-0.15, -0.1) is 0 Å². The lowest BCUT2D eigenvalue weighted by Gasteiger charge is -2.24. The second-order valence-corrected chi connectivity index (χ2v) is 2.49. The molecule has 0 fully saturated rings. The van der Waals surface area contributed by atoms with Crippen molar-refractivity contribution in [2.24, 2.45) is 0 Å². The summed E-state index contributed by atoms with van der Waals surface area (Å²) >= 11 is 0. The fourth-order valence-electron chi connectivity index (χ4n) is 0.510. The van der Waals surface area contributed by atoms with Gasteiger partial charge < -0.3 is 9.47 Å². The molecule has 0 radical (unpaired) electrons. The van der Waals surface area contributed by atoms with Gasteiger partial charge in [0.15, 0.2) is 0 Å². The molecule has 0 saturated carbocycles. The zero-order valence-electron chi connectivity index (χ0n) is 7.58. The van der Waals surface area contributed by atoms with Crippen LogP contribution >= 0.6 is 0 Å². The summed E-state index contributed by atoms with van der Waals surface area (Å²) in [6.45, 7) is -2.62. The lowest BCUT2D eigenvalue weighted by Crippen LogP contribution is -2.50. The Morgan fingerprint density at radius 1 is 1.06 bits per heavy atom. The summed E-state index contributed by atoms with van der Waals surface area (Å²) < 4.78 is 90.0. The highest BCUT2D eigenvalue weighted by atomic mass is 19.4. The van der Waals surface area contributed by atoms with Crippen LogP contribution in [0.15, 0.2) is 0 Å². The van der Waals surface area contributed by atoms with Gasteiger partial charge in [0.1, 0.15) is 6.61 Å². The van der Waals surface area contributed by atoms with Crippen molar-refractivity contribution >= 4 is 5.97 Å². The molecule has 0 atom stereocenters. The predicted molar refractivity (Wildman–Crippen MR) is 33.9 cm³/mol. The molecule has 10 heteroatoms. The van der Waals surface area contributed by atoms with E-state index >= 15 is 0 Å². The van der Waals surface area contributed by atoms with Crippen LogP contribution < -0.4 is 0 Å². The number of carbonyl (C=O) groups is 1. The van der Waals surface area contributed by atoms with Crippen molar-refractivity contribution in [1.29, 1.82) is 0 Å². The fraction of sp³-hybridized carbons (Fsp3) is 0.833. The Morgan fingerprint density at radius 3 is 1.81 bits per heavy atom. The maximum Gasteiger partial charge on any atom is 0.431 e. The van der Waals surface area contributed by atoms with Crippen LogP contribution in [0.2, 0.25) is 0 Å². The van der Waals surface area contributed by atoms with Crippen LogP contribution in [0.5, 0.6) is 0 Å². The van der Waals surface area contributed by atoms with Crippen molar-refractivity contribution < 1.29 is 45.0 Å². The maximum absolute atomic E-state index is 12.5. The quantitative estimate of drug-likeness (QED) is 0.571. The van der Waals surface area contributed by atoms with Gasteiger partial charge in [-0.3, -0.25) is 0 Å². The zero-order chi connectivity index (χ0) is 13.2. The highest BCUT2D eigenvalue weighted by molar-refractivity contribution is 5.78. The van der Waals surface area contributed by atoms with Gasteiger partial charge in [-0.2, -0.15) is 30.7 Å². The number of esters is 1. The van der Waals surface area contributed by atoms with E-state index in [0.29, 0.717) is 7.11 Å². The van der Waals surface area contributed by atoms with E-state index in [1.54, 1.807) is 0 Å². The van der Waals surface area contributed by atoms with E-state index in [0.717, 1.165) is 0 Å². The van der Waals surface area contributed by atoms with Crippen LogP contribution in [0.3, 0.4) is 0 Å². The van der Waals surface area contributed by atoms with Crippen LogP contribution in [0, 0.1) is 0 Å². The van der Waals surface area contributed by atoms with Crippen molar-refractivity contribution in [1.82, 2.24) is 0 Å². The monoisotopic (exact) mass is 258 g/mol. The average Bonchev–Trinajstić information content (AvgIpc) is 2.12. The van der Waals surface area contributed by atoms with Crippen LogP contribution in [0.4, 0.5) is 30.7 Å². The van der Waals surface area contributed by atoms with E-state index in [1.165, 1.54) is 0 Å². The molecule has 0 aliphatic carbocycles.